The molecule has 17 heavy (non-hydrogen) atoms. The molecule has 1 aliphatic heterocycles. The van der Waals surface area contributed by atoms with Crippen LogP contribution in [0, 0.1) is 6.92 Å². The van der Waals surface area contributed by atoms with Gasteiger partial charge in [-0.3, -0.25) is 15.0 Å². The predicted octanol–water partition coefficient (Wildman–Crippen LogP) is 2.47. The Morgan fingerprint density at radius 1 is 1.24 bits per heavy atom. The van der Waals surface area contributed by atoms with Crippen molar-refractivity contribution < 1.29 is 9.59 Å². The minimum Gasteiger partial charge on any atom is -0.294 e. The molecule has 0 spiro atoms. The summed E-state index contributed by atoms with van der Waals surface area (Å²) in [5, 5.41) is 2.30. The van der Waals surface area contributed by atoms with Crippen LogP contribution in [0.15, 0.2) is 24.3 Å². The second kappa shape index (κ2) is 6.03. The third-order valence-electron chi connectivity index (χ3n) is 2.37. The van der Waals surface area contributed by atoms with Gasteiger partial charge in [-0.1, -0.05) is 26.0 Å². The number of carbonyl (C=O) groups is 2. The minimum atomic E-state index is -0.336. The number of nitrogens with one attached hydrogen (secondary N) is 1. The smallest absolute Gasteiger partial charge is 0.294 e. The van der Waals surface area contributed by atoms with E-state index < -0.39 is 0 Å². The first-order valence-corrected chi connectivity index (χ1v) is 5.85. The summed E-state index contributed by atoms with van der Waals surface area (Å²) in [6, 6.07) is 7.32. The minimum absolute atomic E-state index is 0.205. The Morgan fingerprint density at radius 3 is 2.53 bits per heavy atom. The Bertz CT molecular complexity index is 416. The van der Waals surface area contributed by atoms with E-state index in [9.17, 15) is 9.59 Å². The van der Waals surface area contributed by atoms with E-state index in [0.717, 1.165) is 11.3 Å². The average molecular weight is 234 g/mol. The largest absolute Gasteiger partial charge is 0.328 e. The summed E-state index contributed by atoms with van der Waals surface area (Å²) in [5.41, 5.74) is 1.93. The summed E-state index contributed by atoms with van der Waals surface area (Å²) < 4.78 is 0. The topological polar surface area (TPSA) is 49.4 Å². The fraction of sp³-hybridized carbons (Fsp3) is 0.385. The molecule has 0 atom stereocenters. The number of hydrogen-bond donors (Lipinski definition) is 1. The molecule has 1 aromatic carbocycles. The van der Waals surface area contributed by atoms with Gasteiger partial charge in [0, 0.05) is 18.7 Å². The molecule has 4 nitrogen and oxygen atoms in total. The van der Waals surface area contributed by atoms with E-state index in [-0.39, 0.29) is 11.9 Å². The molecule has 0 aliphatic carbocycles. The van der Waals surface area contributed by atoms with Crippen LogP contribution in [-0.4, -0.2) is 18.5 Å². The van der Waals surface area contributed by atoms with Crippen molar-refractivity contribution in [3.05, 3.63) is 29.8 Å². The van der Waals surface area contributed by atoms with Gasteiger partial charge in [-0.05, 0) is 24.6 Å². The van der Waals surface area contributed by atoms with Gasteiger partial charge in [0.05, 0.1) is 0 Å². The second-order valence-electron chi connectivity index (χ2n) is 3.59. The summed E-state index contributed by atoms with van der Waals surface area (Å²) in [6.07, 6.45) is 0.361. The van der Waals surface area contributed by atoms with Crippen LogP contribution in [0.2, 0.25) is 0 Å². The number of urea groups is 1. The van der Waals surface area contributed by atoms with Gasteiger partial charge in [0.25, 0.3) is 0 Å². The highest BCUT2D eigenvalue weighted by Gasteiger charge is 2.23. The summed E-state index contributed by atoms with van der Waals surface area (Å²) in [6.45, 7) is 6.42. The third kappa shape index (κ3) is 3.31. The molecule has 1 N–H and O–H groups in total. The second-order valence-corrected chi connectivity index (χ2v) is 3.59. The van der Waals surface area contributed by atoms with E-state index in [2.05, 4.69) is 5.32 Å². The highest BCUT2D eigenvalue weighted by atomic mass is 16.2. The van der Waals surface area contributed by atoms with Crippen molar-refractivity contribution >= 4 is 17.6 Å². The van der Waals surface area contributed by atoms with Crippen molar-refractivity contribution in [1.29, 1.82) is 0 Å². The number of carbonyl (C=O) groups excluding carboxylic acids is 2. The number of hydrogen-bond acceptors (Lipinski definition) is 2. The maximum absolute atomic E-state index is 11.5. The van der Waals surface area contributed by atoms with E-state index in [1.54, 1.807) is 4.90 Å². The average Bonchev–Trinajstić information content (AvgIpc) is 2.31. The molecule has 92 valence electrons. The Morgan fingerprint density at radius 2 is 1.94 bits per heavy atom. The first-order chi connectivity index (χ1) is 8.16. The number of benzene rings is 1. The van der Waals surface area contributed by atoms with E-state index in [0.29, 0.717) is 13.0 Å². The normalized spacial score (nSPS) is 14.9. The third-order valence-corrected chi connectivity index (χ3v) is 2.37. The summed E-state index contributed by atoms with van der Waals surface area (Å²) >= 11 is 0. The van der Waals surface area contributed by atoms with Crippen LogP contribution in [-0.2, 0) is 4.79 Å². The molecule has 0 aromatic heterocycles. The van der Waals surface area contributed by atoms with E-state index >= 15 is 0 Å². The van der Waals surface area contributed by atoms with Crippen LogP contribution in [0.4, 0.5) is 10.5 Å². The van der Waals surface area contributed by atoms with E-state index in [1.165, 1.54) is 0 Å². The lowest BCUT2D eigenvalue weighted by molar-refractivity contribution is -0.120. The van der Waals surface area contributed by atoms with Gasteiger partial charge in [-0.25, -0.2) is 4.79 Å². The Labute approximate surface area is 102 Å². The number of nitrogens with zero attached hydrogens (tertiary/aromatic N) is 1. The molecule has 1 heterocycles. The van der Waals surface area contributed by atoms with Crippen LogP contribution < -0.4 is 10.2 Å². The number of rotatable bonds is 1. The van der Waals surface area contributed by atoms with E-state index in [1.807, 2.05) is 45.0 Å². The van der Waals surface area contributed by atoms with Crippen molar-refractivity contribution in [2.75, 3.05) is 11.4 Å². The fourth-order valence-electron chi connectivity index (χ4n) is 1.61. The molecule has 1 aliphatic rings. The molecule has 3 amide bonds. The fourth-order valence-corrected chi connectivity index (χ4v) is 1.61. The van der Waals surface area contributed by atoms with Gasteiger partial charge in [0.15, 0.2) is 0 Å². The van der Waals surface area contributed by atoms with Crippen LogP contribution in [0.1, 0.15) is 25.8 Å². The van der Waals surface area contributed by atoms with Gasteiger partial charge in [-0.15, -0.1) is 0 Å². The Hall–Kier alpha value is -1.84. The van der Waals surface area contributed by atoms with Crippen molar-refractivity contribution in [2.24, 2.45) is 0 Å². The summed E-state index contributed by atoms with van der Waals surface area (Å²) in [4.78, 5) is 24.0. The zero-order chi connectivity index (χ0) is 12.8. The van der Waals surface area contributed by atoms with Gasteiger partial charge >= 0.3 is 6.03 Å². The first-order valence-electron chi connectivity index (χ1n) is 5.85. The standard InChI is InChI=1S/C11H12N2O2.C2H6/c1-8-3-2-4-9(7-8)13-6-5-10(14)12-11(13)15;1-2/h2-4,7H,5-6H2,1H3,(H,12,14,15);1-2H3. The summed E-state index contributed by atoms with van der Waals surface area (Å²) in [5.74, 6) is -0.205. The number of anilines is 1. The Balaban J connectivity index is 0.000000686. The van der Waals surface area contributed by atoms with Gasteiger partial charge in [0.2, 0.25) is 5.91 Å². The lowest BCUT2D eigenvalue weighted by atomic mass is 10.2. The molecular formula is C13H18N2O2. The molecule has 1 saturated heterocycles. The van der Waals surface area contributed by atoms with Crippen LogP contribution in [0.3, 0.4) is 0 Å². The molecule has 1 fully saturated rings. The molecule has 1 aromatic rings. The monoisotopic (exact) mass is 234 g/mol. The molecule has 0 saturated carbocycles. The zero-order valence-corrected chi connectivity index (χ0v) is 10.5. The SMILES string of the molecule is CC.Cc1cccc(N2CCC(=O)NC2=O)c1. The van der Waals surface area contributed by atoms with Crippen LogP contribution >= 0.6 is 0 Å². The van der Waals surface area contributed by atoms with Gasteiger partial charge in [0.1, 0.15) is 0 Å². The Kier molecular flexibility index (Phi) is 4.69. The zero-order valence-electron chi connectivity index (χ0n) is 10.5. The summed E-state index contributed by atoms with van der Waals surface area (Å²) in [7, 11) is 0. The molecular weight excluding hydrogens is 216 g/mol. The van der Waals surface area contributed by atoms with Gasteiger partial charge < -0.3 is 0 Å². The maximum atomic E-state index is 11.5. The lowest BCUT2D eigenvalue weighted by Crippen LogP contribution is -2.49. The first kappa shape index (κ1) is 13.2. The van der Waals surface area contributed by atoms with Crippen molar-refractivity contribution in [1.82, 2.24) is 5.32 Å². The number of aryl methyl sites for hydroxylation is 1. The van der Waals surface area contributed by atoms with Crippen molar-refractivity contribution in [3.63, 3.8) is 0 Å². The molecule has 2 rings (SSSR count). The number of amides is 3. The highest BCUT2D eigenvalue weighted by molar-refractivity contribution is 6.05. The highest BCUT2D eigenvalue weighted by Crippen LogP contribution is 2.17. The molecule has 0 unspecified atom stereocenters. The van der Waals surface area contributed by atoms with Crippen LogP contribution in [0.5, 0.6) is 0 Å². The van der Waals surface area contributed by atoms with E-state index in [4.69, 9.17) is 0 Å². The molecule has 4 heteroatoms. The predicted molar refractivity (Wildman–Crippen MR) is 68.0 cm³/mol. The van der Waals surface area contributed by atoms with Crippen LogP contribution in [0.25, 0.3) is 0 Å². The van der Waals surface area contributed by atoms with Crippen molar-refractivity contribution in [3.8, 4) is 0 Å². The molecule has 0 bridgehead atoms. The maximum Gasteiger partial charge on any atom is 0.328 e. The van der Waals surface area contributed by atoms with Crippen molar-refractivity contribution in [2.45, 2.75) is 27.2 Å². The molecule has 0 radical (unpaired) electrons. The number of imide groups is 1. The quantitative estimate of drug-likeness (QED) is 0.811. The van der Waals surface area contributed by atoms with Gasteiger partial charge in [-0.2, -0.15) is 0 Å². The lowest BCUT2D eigenvalue weighted by Gasteiger charge is -2.26.